The number of carbonyl (C=O) groups is 1. The van der Waals surface area contributed by atoms with Crippen molar-refractivity contribution in [3.63, 3.8) is 0 Å². The van der Waals surface area contributed by atoms with Gasteiger partial charge in [-0.3, -0.25) is 9.69 Å². The van der Waals surface area contributed by atoms with Crippen molar-refractivity contribution < 1.29 is 9.53 Å². The third-order valence-electron chi connectivity index (χ3n) is 3.85. The highest BCUT2D eigenvalue weighted by atomic mass is 16.5. The predicted molar refractivity (Wildman–Crippen MR) is 87.4 cm³/mol. The van der Waals surface area contributed by atoms with Gasteiger partial charge in [-0.05, 0) is 45.0 Å². The van der Waals surface area contributed by atoms with E-state index in [-0.39, 0.29) is 18.0 Å². The first-order valence-corrected chi connectivity index (χ1v) is 7.33. The number of benzene rings is 1. The summed E-state index contributed by atoms with van der Waals surface area (Å²) < 4.78 is 5.18. The SMILES string of the molecule is CCN(C(C)COC)C(C)C(=O)Nc1cccc(N)c1C. The van der Waals surface area contributed by atoms with Crippen molar-refractivity contribution in [2.75, 3.05) is 31.3 Å². The molecule has 1 aromatic rings. The van der Waals surface area contributed by atoms with E-state index in [9.17, 15) is 4.79 Å². The average Bonchev–Trinajstić information content (AvgIpc) is 2.44. The summed E-state index contributed by atoms with van der Waals surface area (Å²) in [5.41, 5.74) is 8.21. The van der Waals surface area contributed by atoms with Crippen LogP contribution in [0.25, 0.3) is 0 Å². The van der Waals surface area contributed by atoms with Crippen LogP contribution in [0.1, 0.15) is 26.3 Å². The Morgan fingerprint density at radius 1 is 1.43 bits per heavy atom. The molecule has 0 aliphatic carbocycles. The third-order valence-corrected chi connectivity index (χ3v) is 3.85. The van der Waals surface area contributed by atoms with Crippen LogP contribution in [0.15, 0.2) is 18.2 Å². The summed E-state index contributed by atoms with van der Waals surface area (Å²) in [6, 6.07) is 5.48. The molecule has 0 radical (unpaired) electrons. The Bertz CT molecular complexity index is 477. The minimum atomic E-state index is -0.235. The molecule has 0 heterocycles. The van der Waals surface area contributed by atoms with Gasteiger partial charge < -0.3 is 15.8 Å². The van der Waals surface area contributed by atoms with E-state index in [2.05, 4.69) is 17.1 Å². The number of nitrogens with zero attached hydrogens (tertiary/aromatic N) is 1. The molecule has 2 unspecified atom stereocenters. The Labute approximate surface area is 127 Å². The molecule has 0 aliphatic rings. The maximum absolute atomic E-state index is 12.5. The Hall–Kier alpha value is -1.59. The van der Waals surface area contributed by atoms with Gasteiger partial charge in [-0.15, -0.1) is 0 Å². The highest BCUT2D eigenvalue weighted by molar-refractivity contribution is 5.95. The van der Waals surface area contributed by atoms with Gasteiger partial charge in [0.25, 0.3) is 0 Å². The molecule has 3 N–H and O–H groups in total. The number of rotatable bonds is 7. The highest BCUT2D eigenvalue weighted by Gasteiger charge is 2.24. The van der Waals surface area contributed by atoms with Gasteiger partial charge >= 0.3 is 0 Å². The van der Waals surface area contributed by atoms with Crippen LogP contribution in [0.3, 0.4) is 0 Å². The van der Waals surface area contributed by atoms with E-state index in [1.54, 1.807) is 7.11 Å². The maximum atomic E-state index is 12.5. The van der Waals surface area contributed by atoms with Crippen molar-refractivity contribution >= 4 is 17.3 Å². The summed E-state index contributed by atoms with van der Waals surface area (Å²) in [6.45, 7) is 9.30. The number of carbonyl (C=O) groups excluding carboxylic acids is 1. The second-order valence-corrected chi connectivity index (χ2v) is 5.32. The molecule has 0 fully saturated rings. The smallest absolute Gasteiger partial charge is 0.241 e. The molecule has 0 bridgehead atoms. The minimum absolute atomic E-state index is 0.0338. The predicted octanol–water partition coefficient (Wildman–Crippen LogP) is 2.26. The number of nitrogens with two attached hydrogens (primary N) is 1. The lowest BCUT2D eigenvalue weighted by molar-refractivity contribution is -0.121. The zero-order chi connectivity index (χ0) is 16.0. The molecule has 2 atom stereocenters. The van der Waals surface area contributed by atoms with Gasteiger partial charge in [0.05, 0.1) is 12.6 Å². The molecule has 0 aromatic heterocycles. The van der Waals surface area contributed by atoms with Crippen molar-refractivity contribution in [2.45, 2.75) is 39.8 Å². The van der Waals surface area contributed by atoms with Gasteiger partial charge in [-0.25, -0.2) is 0 Å². The van der Waals surface area contributed by atoms with Gasteiger partial charge in [0.1, 0.15) is 0 Å². The second kappa shape index (κ2) is 8.00. The summed E-state index contributed by atoms with van der Waals surface area (Å²) >= 11 is 0. The van der Waals surface area contributed by atoms with Crippen molar-refractivity contribution in [2.24, 2.45) is 0 Å². The number of methoxy groups -OCH3 is 1. The van der Waals surface area contributed by atoms with E-state index in [0.29, 0.717) is 12.3 Å². The van der Waals surface area contributed by atoms with Crippen LogP contribution >= 0.6 is 0 Å². The molecule has 0 aliphatic heterocycles. The monoisotopic (exact) mass is 293 g/mol. The standard InChI is InChI=1S/C16H27N3O2/c1-6-19(11(2)10-21-5)13(4)16(20)18-15-9-7-8-14(17)12(15)3/h7-9,11,13H,6,10,17H2,1-5H3,(H,18,20). The molecule has 0 saturated heterocycles. The number of amides is 1. The summed E-state index contributed by atoms with van der Waals surface area (Å²) in [7, 11) is 1.67. The van der Waals surface area contributed by atoms with E-state index >= 15 is 0 Å². The molecule has 5 nitrogen and oxygen atoms in total. The van der Waals surface area contributed by atoms with Crippen LogP contribution in [0.5, 0.6) is 0 Å². The summed E-state index contributed by atoms with van der Waals surface area (Å²) in [4.78, 5) is 14.6. The van der Waals surface area contributed by atoms with Crippen LogP contribution in [-0.4, -0.2) is 43.2 Å². The van der Waals surface area contributed by atoms with Gasteiger partial charge in [0.2, 0.25) is 5.91 Å². The number of nitrogen functional groups attached to an aromatic ring is 1. The third kappa shape index (κ3) is 4.44. The Morgan fingerprint density at radius 2 is 2.10 bits per heavy atom. The molecule has 5 heteroatoms. The van der Waals surface area contributed by atoms with Crippen LogP contribution in [-0.2, 0) is 9.53 Å². The Morgan fingerprint density at radius 3 is 2.67 bits per heavy atom. The summed E-state index contributed by atoms with van der Waals surface area (Å²) in [6.07, 6.45) is 0. The number of likely N-dealkylation sites (N-methyl/N-ethyl adjacent to an activating group) is 1. The van der Waals surface area contributed by atoms with E-state index < -0.39 is 0 Å². The molecular formula is C16H27N3O2. The quantitative estimate of drug-likeness (QED) is 0.757. The Kier molecular flexibility index (Phi) is 6.65. The van der Waals surface area contributed by atoms with E-state index in [0.717, 1.165) is 17.8 Å². The van der Waals surface area contributed by atoms with Gasteiger partial charge in [0.15, 0.2) is 0 Å². The first-order valence-electron chi connectivity index (χ1n) is 7.33. The number of nitrogens with one attached hydrogen (secondary N) is 1. The number of hydrogen-bond donors (Lipinski definition) is 2. The molecule has 21 heavy (non-hydrogen) atoms. The number of anilines is 2. The fraction of sp³-hybridized carbons (Fsp3) is 0.562. The van der Waals surface area contributed by atoms with Crippen molar-refractivity contribution in [1.82, 2.24) is 4.90 Å². The van der Waals surface area contributed by atoms with Crippen molar-refractivity contribution in [3.8, 4) is 0 Å². The van der Waals surface area contributed by atoms with Gasteiger partial charge in [-0.2, -0.15) is 0 Å². The molecular weight excluding hydrogens is 266 g/mol. The van der Waals surface area contributed by atoms with Crippen LogP contribution in [0.4, 0.5) is 11.4 Å². The highest BCUT2D eigenvalue weighted by Crippen LogP contribution is 2.21. The fourth-order valence-electron chi connectivity index (χ4n) is 2.48. The molecule has 1 amide bonds. The minimum Gasteiger partial charge on any atom is -0.398 e. The number of hydrogen-bond acceptors (Lipinski definition) is 4. The van der Waals surface area contributed by atoms with Crippen molar-refractivity contribution in [1.29, 1.82) is 0 Å². The maximum Gasteiger partial charge on any atom is 0.241 e. The van der Waals surface area contributed by atoms with E-state index in [1.807, 2.05) is 39.0 Å². The van der Waals surface area contributed by atoms with Gasteiger partial charge in [0, 0.05) is 24.5 Å². The lowest BCUT2D eigenvalue weighted by Gasteiger charge is -2.32. The lowest BCUT2D eigenvalue weighted by Crippen LogP contribution is -2.48. The first kappa shape index (κ1) is 17.5. The second-order valence-electron chi connectivity index (χ2n) is 5.32. The van der Waals surface area contributed by atoms with Crippen LogP contribution in [0, 0.1) is 6.92 Å². The average molecular weight is 293 g/mol. The molecule has 0 saturated carbocycles. The number of ether oxygens (including phenoxy) is 1. The first-order chi connectivity index (χ1) is 9.92. The molecule has 1 aromatic carbocycles. The zero-order valence-corrected chi connectivity index (χ0v) is 13.6. The molecule has 0 spiro atoms. The largest absolute Gasteiger partial charge is 0.398 e. The van der Waals surface area contributed by atoms with E-state index in [1.165, 1.54) is 0 Å². The Balaban J connectivity index is 2.79. The molecule has 118 valence electrons. The lowest BCUT2D eigenvalue weighted by atomic mass is 10.1. The summed E-state index contributed by atoms with van der Waals surface area (Å²) in [5.74, 6) is -0.0338. The van der Waals surface area contributed by atoms with Crippen LogP contribution in [0.2, 0.25) is 0 Å². The van der Waals surface area contributed by atoms with Gasteiger partial charge in [-0.1, -0.05) is 13.0 Å². The van der Waals surface area contributed by atoms with E-state index in [4.69, 9.17) is 10.5 Å². The summed E-state index contributed by atoms with van der Waals surface area (Å²) in [5, 5.41) is 2.96. The zero-order valence-electron chi connectivity index (χ0n) is 13.6. The normalized spacial score (nSPS) is 14.0. The van der Waals surface area contributed by atoms with Crippen LogP contribution < -0.4 is 11.1 Å². The molecule has 1 rings (SSSR count). The van der Waals surface area contributed by atoms with Crippen molar-refractivity contribution in [3.05, 3.63) is 23.8 Å². The topological polar surface area (TPSA) is 67.6 Å². The fourth-order valence-corrected chi connectivity index (χ4v) is 2.48.